The number of ether oxygens (including phenoxy) is 2. The summed E-state index contributed by atoms with van der Waals surface area (Å²) in [7, 11) is 1.59. The lowest BCUT2D eigenvalue weighted by Crippen LogP contribution is -2.09. The van der Waals surface area contributed by atoms with Crippen LogP contribution in [0.5, 0.6) is 11.5 Å². The van der Waals surface area contributed by atoms with Gasteiger partial charge < -0.3 is 14.6 Å². The number of aromatic carboxylic acids is 1. The summed E-state index contributed by atoms with van der Waals surface area (Å²) in [5.74, 6) is 0.311. The van der Waals surface area contributed by atoms with Crippen molar-refractivity contribution in [1.82, 2.24) is 4.98 Å². The van der Waals surface area contributed by atoms with Gasteiger partial charge in [0.15, 0.2) is 0 Å². The summed E-state index contributed by atoms with van der Waals surface area (Å²) in [6, 6.07) is 16.0. The lowest BCUT2D eigenvalue weighted by molar-refractivity contribution is 0.0695. The molecule has 3 aromatic rings. The maximum absolute atomic E-state index is 11.7. The van der Waals surface area contributed by atoms with Crippen LogP contribution in [0.25, 0.3) is 11.3 Å². The minimum atomic E-state index is -1.02. The molecule has 0 bridgehead atoms. The van der Waals surface area contributed by atoms with Gasteiger partial charge in [-0.15, -0.1) is 0 Å². The molecule has 0 radical (unpaired) electrons. The van der Waals surface area contributed by atoms with Gasteiger partial charge in [-0.2, -0.15) is 0 Å². The van der Waals surface area contributed by atoms with Crippen LogP contribution in [0.15, 0.2) is 54.6 Å². The van der Waals surface area contributed by atoms with Crippen LogP contribution in [-0.2, 0) is 6.42 Å². The molecule has 1 N–H and O–H groups in total. The molecule has 0 spiro atoms. The van der Waals surface area contributed by atoms with Gasteiger partial charge in [-0.05, 0) is 61.9 Å². The van der Waals surface area contributed by atoms with Crippen molar-refractivity contribution in [2.24, 2.45) is 0 Å². The maximum Gasteiger partial charge on any atom is 0.337 e. The topological polar surface area (TPSA) is 68.7 Å². The van der Waals surface area contributed by atoms with Crippen LogP contribution in [0.2, 0.25) is 5.02 Å². The monoisotopic (exact) mass is 411 g/mol. The van der Waals surface area contributed by atoms with Crippen molar-refractivity contribution in [3.63, 3.8) is 0 Å². The van der Waals surface area contributed by atoms with E-state index in [9.17, 15) is 9.90 Å². The number of carboxylic acid groups (broad SMARTS) is 1. The van der Waals surface area contributed by atoms with Gasteiger partial charge >= 0.3 is 5.97 Å². The number of methoxy groups -OCH3 is 1. The zero-order valence-electron chi connectivity index (χ0n) is 16.5. The molecule has 0 aliphatic heterocycles. The molecule has 0 unspecified atom stereocenters. The van der Waals surface area contributed by atoms with Crippen molar-refractivity contribution in [2.75, 3.05) is 7.11 Å². The highest BCUT2D eigenvalue weighted by Gasteiger charge is 2.17. The summed E-state index contributed by atoms with van der Waals surface area (Å²) in [5.41, 5.74) is 2.92. The molecule has 0 atom stereocenters. The first-order valence-corrected chi connectivity index (χ1v) is 9.58. The van der Waals surface area contributed by atoms with Crippen molar-refractivity contribution in [3.05, 3.63) is 76.4 Å². The van der Waals surface area contributed by atoms with Crippen molar-refractivity contribution in [2.45, 2.75) is 26.4 Å². The lowest BCUT2D eigenvalue weighted by Gasteiger charge is -2.16. The second-order valence-corrected chi connectivity index (χ2v) is 7.26. The van der Waals surface area contributed by atoms with E-state index >= 15 is 0 Å². The van der Waals surface area contributed by atoms with E-state index in [4.69, 9.17) is 21.1 Å². The van der Waals surface area contributed by atoms with E-state index in [-0.39, 0.29) is 11.7 Å². The number of carbonyl (C=O) groups is 1. The summed E-state index contributed by atoms with van der Waals surface area (Å²) >= 11 is 5.95. The fraction of sp³-hybridized carbons (Fsp3) is 0.217. The molecular formula is C23H22ClNO4. The molecule has 0 saturated heterocycles. The van der Waals surface area contributed by atoms with E-state index in [1.54, 1.807) is 31.4 Å². The first-order valence-electron chi connectivity index (χ1n) is 9.20. The molecule has 0 amide bonds. The van der Waals surface area contributed by atoms with E-state index < -0.39 is 5.97 Å². The number of halogens is 1. The minimum absolute atomic E-state index is 0.0195. The van der Waals surface area contributed by atoms with Crippen molar-refractivity contribution < 1.29 is 19.4 Å². The zero-order chi connectivity index (χ0) is 21.0. The van der Waals surface area contributed by atoms with Crippen molar-refractivity contribution in [3.8, 4) is 22.8 Å². The third-order valence-electron chi connectivity index (χ3n) is 4.31. The Labute approximate surface area is 174 Å². The molecule has 29 heavy (non-hydrogen) atoms. The molecular weight excluding hydrogens is 390 g/mol. The molecule has 0 saturated carbocycles. The Morgan fingerprint density at radius 3 is 2.45 bits per heavy atom. The number of nitrogens with zero attached hydrogens (tertiary/aromatic N) is 1. The average Bonchev–Trinajstić information content (AvgIpc) is 2.69. The summed E-state index contributed by atoms with van der Waals surface area (Å²) < 4.78 is 11.3. The van der Waals surface area contributed by atoms with E-state index in [1.165, 1.54) is 0 Å². The lowest BCUT2D eigenvalue weighted by atomic mass is 10.0. The molecule has 0 aliphatic rings. The van der Waals surface area contributed by atoms with Crippen LogP contribution in [0.4, 0.5) is 0 Å². The van der Waals surface area contributed by atoms with Gasteiger partial charge in [-0.25, -0.2) is 4.79 Å². The van der Waals surface area contributed by atoms with Gasteiger partial charge in [0.05, 0.1) is 30.2 Å². The van der Waals surface area contributed by atoms with Crippen LogP contribution in [0.3, 0.4) is 0 Å². The van der Waals surface area contributed by atoms with Gasteiger partial charge in [-0.3, -0.25) is 4.98 Å². The predicted molar refractivity (Wildman–Crippen MR) is 113 cm³/mol. The highest BCUT2D eigenvalue weighted by atomic mass is 35.5. The number of benzene rings is 2. The summed E-state index contributed by atoms with van der Waals surface area (Å²) in [6.45, 7) is 3.89. The molecule has 1 aromatic heterocycles. The van der Waals surface area contributed by atoms with E-state index in [0.717, 1.165) is 11.1 Å². The molecule has 6 heteroatoms. The molecule has 0 aliphatic carbocycles. The Bertz CT molecular complexity index is 1020. The van der Waals surface area contributed by atoms with Crippen LogP contribution in [0, 0.1) is 0 Å². The van der Waals surface area contributed by atoms with E-state index in [2.05, 4.69) is 4.98 Å². The third-order valence-corrected chi connectivity index (χ3v) is 4.57. The van der Waals surface area contributed by atoms with Gasteiger partial charge in [0.1, 0.15) is 11.5 Å². The molecule has 150 valence electrons. The highest BCUT2D eigenvalue weighted by molar-refractivity contribution is 6.30. The van der Waals surface area contributed by atoms with Gasteiger partial charge in [0.25, 0.3) is 0 Å². The fourth-order valence-electron chi connectivity index (χ4n) is 2.97. The normalized spacial score (nSPS) is 10.8. The largest absolute Gasteiger partial charge is 0.497 e. The second-order valence-electron chi connectivity index (χ2n) is 6.83. The maximum atomic E-state index is 11.7. The Kier molecular flexibility index (Phi) is 6.39. The smallest absolute Gasteiger partial charge is 0.337 e. The number of hydrogen-bond acceptors (Lipinski definition) is 4. The highest BCUT2D eigenvalue weighted by Crippen LogP contribution is 2.34. The van der Waals surface area contributed by atoms with Crippen LogP contribution in [0.1, 0.15) is 35.5 Å². The van der Waals surface area contributed by atoms with Crippen molar-refractivity contribution >= 4 is 17.6 Å². The SMILES string of the molecule is COc1ccc(OC(C)C)c(-c2ccc(C(=O)O)c(Cc3ccc(Cl)cc3)n2)c1. The van der Waals surface area contributed by atoms with Crippen LogP contribution >= 0.6 is 11.6 Å². The zero-order valence-corrected chi connectivity index (χ0v) is 17.2. The van der Waals surface area contributed by atoms with Crippen LogP contribution < -0.4 is 9.47 Å². The molecule has 5 nitrogen and oxygen atoms in total. The van der Waals surface area contributed by atoms with Gasteiger partial charge in [0.2, 0.25) is 0 Å². The quantitative estimate of drug-likeness (QED) is 0.557. The summed E-state index contributed by atoms with van der Waals surface area (Å²) in [6.07, 6.45) is 0.353. The minimum Gasteiger partial charge on any atom is -0.497 e. The van der Waals surface area contributed by atoms with Gasteiger partial charge in [-0.1, -0.05) is 23.7 Å². The molecule has 2 aromatic carbocycles. The molecule has 0 fully saturated rings. The van der Waals surface area contributed by atoms with Crippen LogP contribution in [-0.4, -0.2) is 29.3 Å². The Balaban J connectivity index is 2.09. The third kappa shape index (κ3) is 5.06. The standard InChI is InChI=1S/C23H22ClNO4/c1-14(2)29-22-11-8-17(28-3)13-19(22)20-10-9-18(23(26)27)21(25-20)12-15-4-6-16(24)7-5-15/h4-11,13-14H,12H2,1-3H3,(H,26,27). The Morgan fingerprint density at radius 2 is 1.83 bits per heavy atom. The second kappa shape index (κ2) is 8.97. The molecule has 3 rings (SSSR count). The number of hydrogen-bond donors (Lipinski definition) is 1. The Morgan fingerprint density at radius 1 is 1.10 bits per heavy atom. The average molecular weight is 412 g/mol. The van der Waals surface area contributed by atoms with Gasteiger partial charge in [0, 0.05) is 17.0 Å². The first kappa shape index (κ1) is 20.7. The molecule has 1 heterocycles. The van der Waals surface area contributed by atoms with Crippen molar-refractivity contribution in [1.29, 1.82) is 0 Å². The number of rotatable bonds is 7. The summed E-state index contributed by atoms with van der Waals surface area (Å²) in [4.78, 5) is 16.4. The Hall–Kier alpha value is -3.05. The summed E-state index contributed by atoms with van der Waals surface area (Å²) in [5, 5.41) is 10.2. The van der Waals surface area contributed by atoms with E-state index in [0.29, 0.717) is 34.3 Å². The van der Waals surface area contributed by atoms with E-state index in [1.807, 2.05) is 44.2 Å². The fourth-order valence-corrected chi connectivity index (χ4v) is 3.10. The first-order chi connectivity index (χ1) is 13.9. The number of pyridine rings is 1. The number of aromatic nitrogens is 1. The number of carboxylic acids is 1. The predicted octanol–water partition coefficient (Wildman–Crippen LogP) is 5.49.